The Bertz CT molecular complexity index is 610. The molecule has 0 amide bonds. The number of benzene rings is 1. The Balaban J connectivity index is 2.43. The van der Waals surface area contributed by atoms with Crippen LogP contribution in [0.4, 0.5) is 10.1 Å². The lowest BCUT2D eigenvalue weighted by Gasteiger charge is -2.13. The van der Waals surface area contributed by atoms with E-state index in [4.69, 9.17) is 22.1 Å². The Hall–Kier alpha value is -1.75. The molecule has 0 aliphatic heterocycles. The zero-order valence-corrected chi connectivity index (χ0v) is 11.7. The Morgan fingerprint density at radius 1 is 1.42 bits per heavy atom. The standard InChI is InChI=1S/C13H15ClFN3O/c1-7(2)18-13(12(16)8(3)17-18)19-11-5-4-9(15)6-10(11)14/h4-7H,16H2,1-3H3. The van der Waals surface area contributed by atoms with Crippen molar-refractivity contribution in [2.24, 2.45) is 0 Å². The topological polar surface area (TPSA) is 53.1 Å². The first-order valence-electron chi connectivity index (χ1n) is 5.87. The Labute approximate surface area is 115 Å². The largest absolute Gasteiger partial charge is 0.436 e. The number of halogens is 2. The number of hydrogen-bond acceptors (Lipinski definition) is 3. The molecule has 4 nitrogen and oxygen atoms in total. The highest BCUT2D eigenvalue weighted by atomic mass is 35.5. The maximum absolute atomic E-state index is 13.0. The second-order valence-electron chi connectivity index (χ2n) is 4.52. The Morgan fingerprint density at radius 2 is 2.11 bits per heavy atom. The van der Waals surface area contributed by atoms with Crippen molar-refractivity contribution in [1.82, 2.24) is 9.78 Å². The molecule has 2 rings (SSSR count). The van der Waals surface area contributed by atoms with Crippen molar-refractivity contribution in [3.8, 4) is 11.6 Å². The molecule has 0 atom stereocenters. The van der Waals surface area contributed by atoms with Crippen molar-refractivity contribution in [2.45, 2.75) is 26.8 Å². The van der Waals surface area contributed by atoms with E-state index in [0.29, 0.717) is 23.0 Å². The average molecular weight is 284 g/mol. The van der Waals surface area contributed by atoms with E-state index < -0.39 is 5.82 Å². The van der Waals surface area contributed by atoms with Crippen molar-refractivity contribution in [1.29, 1.82) is 0 Å². The number of nitrogens with zero attached hydrogens (tertiary/aromatic N) is 2. The van der Waals surface area contributed by atoms with Crippen LogP contribution in [0.15, 0.2) is 18.2 Å². The van der Waals surface area contributed by atoms with Crippen molar-refractivity contribution >= 4 is 17.3 Å². The molecule has 0 bridgehead atoms. The molecule has 6 heteroatoms. The first-order valence-corrected chi connectivity index (χ1v) is 6.25. The van der Waals surface area contributed by atoms with Gasteiger partial charge in [0.15, 0.2) is 0 Å². The minimum atomic E-state index is -0.418. The van der Waals surface area contributed by atoms with Crippen LogP contribution in [0.2, 0.25) is 5.02 Å². The number of ether oxygens (including phenoxy) is 1. The van der Waals surface area contributed by atoms with Crippen LogP contribution in [-0.2, 0) is 0 Å². The summed E-state index contributed by atoms with van der Waals surface area (Å²) in [4.78, 5) is 0. The quantitative estimate of drug-likeness (QED) is 0.928. The molecule has 0 radical (unpaired) electrons. The number of anilines is 1. The van der Waals surface area contributed by atoms with Gasteiger partial charge < -0.3 is 10.5 Å². The summed E-state index contributed by atoms with van der Waals surface area (Å²) in [7, 11) is 0. The average Bonchev–Trinajstić information content (AvgIpc) is 2.61. The minimum Gasteiger partial charge on any atom is -0.436 e. The van der Waals surface area contributed by atoms with E-state index in [2.05, 4.69) is 5.10 Å². The molecule has 19 heavy (non-hydrogen) atoms. The first-order chi connectivity index (χ1) is 8.90. The first kappa shape index (κ1) is 13.7. The van der Waals surface area contributed by atoms with E-state index in [-0.39, 0.29) is 11.1 Å². The summed E-state index contributed by atoms with van der Waals surface area (Å²) in [5.74, 6) is 0.344. The monoisotopic (exact) mass is 283 g/mol. The van der Waals surface area contributed by atoms with Gasteiger partial charge >= 0.3 is 0 Å². The van der Waals surface area contributed by atoms with Gasteiger partial charge in [0.1, 0.15) is 17.3 Å². The maximum Gasteiger partial charge on any atom is 0.241 e. The Kier molecular flexibility index (Phi) is 3.66. The van der Waals surface area contributed by atoms with E-state index in [1.807, 2.05) is 13.8 Å². The molecule has 0 spiro atoms. The maximum atomic E-state index is 13.0. The van der Waals surface area contributed by atoms with Gasteiger partial charge in [0, 0.05) is 0 Å². The highest BCUT2D eigenvalue weighted by Crippen LogP contribution is 2.35. The smallest absolute Gasteiger partial charge is 0.241 e. The summed E-state index contributed by atoms with van der Waals surface area (Å²) < 4.78 is 20.4. The highest BCUT2D eigenvalue weighted by Gasteiger charge is 2.18. The van der Waals surface area contributed by atoms with E-state index in [9.17, 15) is 4.39 Å². The molecular weight excluding hydrogens is 269 g/mol. The predicted octanol–water partition coefficient (Wildman–Crippen LogP) is 3.94. The lowest BCUT2D eigenvalue weighted by molar-refractivity contribution is 0.389. The summed E-state index contributed by atoms with van der Waals surface area (Å²) in [5, 5.41) is 4.49. The zero-order chi connectivity index (χ0) is 14.2. The zero-order valence-electron chi connectivity index (χ0n) is 10.9. The lowest BCUT2D eigenvalue weighted by atomic mass is 10.3. The molecule has 2 aromatic rings. The Morgan fingerprint density at radius 3 is 2.68 bits per heavy atom. The van der Waals surface area contributed by atoms with Crippen molar-refractivity contribution < 1.29 is 9.13 Å². The number of hydrogen-bond donors (Lipinski definition) is 1. The SMILES string of the molecule is Cc1nn(C(C)C)c(Oc2ccc(F)cc2Cl)c1N. The second kappa shape index (κ2) is 5.09. The summed E-state index contributed by atoms with van der Waals surface area (Å²) in [6, 6.07) is 4.02. The van der Waals surface area contributed by atoms with Gasteiger partial charge in [0.2, 0.25) is 5.88 Å². The van der Waals surface area contributed by atoms with Gasteiger partial charge in [-0.1, -0.05) is 11.6 Å². The van der Waals surface area contributed by atoms with Gasteiger partial charge in [-0.25, -0.2) is 9.07 Å². The normalized spacial score (nSPS) is 11.1. The number of rotatable bonds is 3. The van der Waals surface area contributed by atoms with Crippen LogP contribution in [0.1, 0.15) is 25.6 Å². The third-order valence-electron chi connectivity index (χ3n) is 2.68. The lowest BCUT2D eigenvalue weighted by Crippen LogP contribution is -2.05. The van der Waals surface area contributed by atoms with Gasteiger partial charge in [-0.05, 0) is 39.0 Å². The third kappa shape index (κ3) is 2.66. The molecular formula is C13H15ClFN3O. The number of nitrogen functional groups attached to an aromatic ring is 1. The van der Waals surface area contributed by atoms with Crippen LogP contribution in [0.25, 0.3) is 0 Å². The van der Waals surface area contributed by atoms with E-state index in [1.54, 1.807) is 11.6 Å². The fourth-order valence-electron chi connectivity index (χ4n) is 1.65. The van der Waals surface area contributed by atoms with Crippen molar-refractivity contribution in [3.63, 3.8) is 0 Å². The molecule has 0 unspecified atom stereocenters. The summed E-state index contributed by atoms with van der Waals surface area (Å²) in [6.07, 6.45) is 0. The highest BCUT2D eigenvalue weighted by molar-refractivity contribution is 6.32. The van der Waals surface area contributed by atoms with Crippen LogP contribution in [-0.4, -0.2) is 9.78 Å². The van der Waals surface area contributed by atoms with Gasteiger partial charge in [-0.3, -0.25) is 0 Å². The van der Waals surface area contributed by atoms with Crippen LogP contribution in [0.5, 0.6) is 11.6 Å². The van der Waals surface area contributed by atoms with Crippen LogP contribution >= 0.6 is 11.6 Å². The molecule has 102 valence electrons. The number of aromatic nitrogens is 2. The summed E-state index contributed by atoms with van der Waals surface area (Å²) in [6.45, 7) is 5.73. The second-order valence-corrected chi connectivity index (χ2v) is 4.93. The fraction of sp³-hybridized carbons (Fsp3) is 0.308. The molecule has 1 aromatic carbocycles. The predicted molar refractivity (Wildman–Crippen MR) is 73.2 cm³/mol. The van der Waals surface area contributed by atoms with Crippen molar-refractivity contribution in [3.05, 3.63) is 34.7 Å². The van der Waals surface area contributed by atoms with Gasteiger partial charge in [-0.15, -0.1) is 0 Å². The minimum absolute atomic E-state index is 0.0882. The molecule has 0 saturated carbocycles. The molecule has 0 fully saturated rings. The molecule has 0 aliphatic rings. The molecule has 2 N–H and O–H groups in total. The van der Waals surface area contributed by atoms with E-state index >= 15 is 0 Å². The number of nitrogens with two attached hydrogens (primary N) is 1. The molecule has 1 heterocycles. The van der Waals surface area contributed by atoms with E-state index in [0.717, 1.165) is 0 Å². The summed E-state index contributed by atoms with van der Waals surface area (Å²) in [5.41, 5.74) is 7.08. The van der Waals surface area contributed by atoms with Crippen LogP contribution in [0.3, 0.4) is 0 Å². The fourth-order valence-corrected chi connectivity index (χ4v) is 1.86. The number of aryl methyl sites for hydroxylation is 1. The van der Waals surface area contributed by atoms with E-state index in [1.165, 1.54) is 18.2 Å². The third-order valence-corrected chi connectivity index (χ3v) is 2.97. The van der Waals surface area contributed by atoms with Crippen molar-refractivity contribution in [2.75, 3.05) is 5.73 Å². The molecule has 0 aliphatic carbocycles. The van der Waals surface area contributed by atoms with Gasteiger partial charge in [0.05, 0.1) is 16.8 Å². The van der Waals surface area contributed by atoms with Crippen LogP contribution in [0, 0.1) is 12.7 Å². The summed E-state index contributed by atoms with van der Waals surface area (Å²) >= 11 is 5.93. The van der Waals surface area contributed by atoms with Gasteiger partial charge in [0.25, 0.3) is 0 Å². The molecule has 1 aromatic heterocycles. The van der Waals surface area contributed by atoms with Crippen LogP contribution < -0.4 is 10.5 Å². The molecule has 0 saturated heterocycles. The van der Waals surface area contributed by atoms with Gasteiger partial charge in [-0.2, -0.15) is 5.10 Å².